The zero-order valence-corrected chi connectivity index (χ0v) is 16.7. The van der Waals surface area contributed by atoms with Gasteiger partial charge in [-0.05, 0) is 43.2 Å². The van der Waals surface area contributed by atoms with Gasteiger partial charge in [-0.3, -0.25) is 10.1 Å². The lowest BCUT2D eigenvalue weighted by Crippen LogP contribution is -2.24. The summed E-state index contributed by atoms with van der Waals surface area (Å²) in [7, 11) is -0.390. The Morgan fingerprint density at radius 1 is 1.14 bits per heavy atom. The van der Waals surface area contributed by atoms with E-state index in [9.17, 15) is 18.5 Å². The summed E-state index contributed by atoms with van der Waals surface area (Å²) in [4.78, 5) is 13.0. The number of sulfone groups is 1. The molecule has 1 fully saturated rings. The predicted octanol–water partition coefficient (Wildman–Crippen LogP) is 3.36. The van der Waals surface area contributed by atoms with Gasteiger partial charge in [0.15, 0.2) is 9.84 Å². The van der Waals surface area contributed by atoms with Gasteiger partial charge in [-0.1, -0.05) is 0 Å². The molecule has 1 atom stereocenters. The fourth-order valence-corrected chi connectivity index (χ4v) is 4.24. The van der Waals surface area contributed by atoms with Crippen molar-refractivity contribution in [3.63, 3.8) is 0 Å². The molecule has 8 nitrogen and oxygen atoms in total. The molecule has 1 heterocycles. The summed E-state index contributed by atoms with van der Waals surface area (Å²) in [6.45, 7) is 0.615. The normalized spacial score (nSPS) is 16.8. The van der Waals surface area contributed by atoms with Crippen molar-refractivity contribution in [2.75, 3.05) is 31.9 Å². The second-order valence-corrected chi connectivity index (χ2v) is 8.65. The highest BCUT2D eigenvalue weighted by Crippen LogP contribution is 2.44. The van der Waals surface area contributed by atoms with Gasteiger partial charge in [-0.25, -0.2) is 8.42 Å². The SMILES string of the molecule is COc1ccc(OC)c([C@H]2CCCN2c2ccc(S(C)(=O)=O)cc2[N+](=O)[O-])c1. The van der Waals surface area contributed by atoms with Crippen LogP contribution in [0.2, 0.25) is 0 Å². The highest BCUT2D eigenvalue weighted by atomic mass is 32.2. The standard InChI is InChI=1S/C19H22N2O6S/c1-26-13-6-9-19(27-2)15(11-13)16-5-4-10-20(16)17-8-7-14(28(3,24)25)12-18(17)21(22)23/h6-9,11-12,16H,4-5,10H2,1-3H3/t16-/m1/s1. The van der Waals surface area contributed by atoms with E-state index in [4.69, 9.17) is 9.47 Å². The maximum atomic E-state index is 11.8. The average Bonchev–Trinajstić information content (AvgIpc) is 3.15. The number of rotatable bonds is 6. The zero-order chi connectivity index (χ0) is 20.5. The lowest BCUT2D eigenvalue weighted by molar-refractivity contribution is -0.384. The summed E-state index contributed by atoms with van der Waals surface area (Å²) in [5.74, 6) is 1.35. The Hall–Kier alpha value is -2.81. The Labute approximate surface area is 163 Å². The highest BCUT2D eigenvalue weighted by molar-refractivity contribution is 7.90. The molecule has 0 aliphatic carbocycles. The minimum absolute atomic E-state index is 0.0716. The molecule has 28 heavy (non-hydrogen) atoms. The van der Waals surface area contributed by atoms with E-state index in [0.717, 1.165) is 30.7 Å². The highest BCUT2D eigenvalue weighted by Gasteiger charge is 2.33. The summed E-state index contributed by atoms with van der Waals surface area (Å²) in [5, 5.41) is 11.7. The Balaban J connectivity index is 2.10. The monoisotopic (exact) mass is 406 g/mol. The van der Waals surface area contributed by atoms with Crippen LogP contribution in [0.25, 0.3) is 0 Å². The molecule has 150 valence electrons. The molecule has 0 spiro atoms. The first kappa shape index (κ1) is 19.9. The van der Waals surface area contributed by atoms with Crippen molar-refractivity contribution < 1.29 is 22.8 Å². The summed E-state index contributed by atoms with van der Waals surface area (Å²) in [5.41, 5.74) is 1.04. The molecule has 2 aromatic rings. The van der Waals surface area contributed by atoms with E-state index in [-0.39, 0.29) is 16.6 Å². The largest absolute Gasteiger partial charge is 0.497 e. The number of nitro benzene ring substituents is 1. The van der Waals surface area contributed by atoms with Crippen LogP contribution < -0.4 is 14.4 Å². The molecule has 0 unspecified atom stereocenters. The Morgan fingerprint density at radius 3 is 2.50 bits per heavy atom. The summed E-state index contributed by atoms with van der Waals surface area (Å²) in [6, 6.07) is 9.39. The van der Waals surface area contributed by atoms with Gasteiger partial charge in [-0.15, -0.1) is 0 Å². The fraction of sp³-hybridized carbons (Fsp3) is 0.368. The Morgan fingerprint density at radius 2 is 1.89 bits per heavy atom. The van der Waals surface area contributed by atoms with Crippen LogP contribution in [0, 0.1) is 10.1 Å². The van der Waals surface area contributed by atoms with Crippen LogP contribution in [0.3, 0.4) is 0 Å². The second kappa shape index (κ2) is 7.67. The molecule has 1 aliphatic heterocycles. The van der Waals surface area contributed by atoms with Crippen molar-refractivity contribution in [2.45, 2.75) is 23.8 Å². The number of hydrogen-bond donors (Lipinski definition) is 0. The summed E-state index contributed by atoms with van der Waals surface area (Å²) < 4.78 is 34.4. The minimum atomic E-state index is -3.54. The average molecular weight is 406 g/mol. The van der Waals surface area contributed by atoms with Crippen molar-refractivity contribution in [3.8, 4) is 11.5 Å². The molecular weight excluding hydrogens is 384 g/mol. The maximum absolute atomic E-state index is 11.8. The van der Waals surface area contributed by atoms with E-state index in [2.05, 4.69) is 0 Å². The third kappa shape index (κ3) is 3.75. The molecule has 0 aromatic heterocycles. The Bertz CT molecular complexity index is 1010. The van der Waals surface area contributed by atoms with E-state index in [1.165, 1.54) is 12.1 Å². The van der Waals surface area contributed by atoms with E-state index in [1.54, 1.807) is 20.3 Å². The van der Waals surface area contributed by atoms with Gasteiger partial charge in [0, 0.05) is 24.4 Å². The number of methoxy groups -OCH3 is 2. The first-order valence-electron chi connectivity index (χ1n) is 8.73. The third-order valence-electron chi connectivity index (χ3n) is 4.93. The molecular formula is C19H22N2O6S. The Kier molecular flexibility index (Phi) is 5.46. The number of benzene rings is 2. The minimum Gasteiger partial charge on any atom is -0.497 e. The van der Waals surface area contributed by atoms with E-state index in [1.807, 2.05) is 17.0 Å². The quantitative estimate of drug-likeness (QED) is 0.536. The van der Waals surface area contributed by atoms with Gasteiger partial charge in [0.05, 0.1) is 30.1 Å². The lowest BCUT2D eigenvalue weighted by Gasteiger charge is -2.28. The molecule has 1 saturated heterocycles. The summed E-state index contributed by atoms with van der Waals surface area (Å²) in [6.07, 6.45) is 2.66. The van der Waals surface area contributed by atoms with E-state index in [0.29, 0.717) is 23.7 Å². The van der Waals surface area contributed by atoms with Gasteiger partial charge in [0.25, 0.3) is 5.69 Å². The predicted molar refractivity (Wildman–Crippen MR) is 105 cm³/mol. The molecule has 3 rings (SSSR count). The van der Waals surface area contributed by atoms with E-state index >= 15 is 0 Å². The maximum Gasteiger partial charge on any atom is 0.293 e. The van der Waals surface area contributed by atoms with Crippen molar-refractivity contribution in [2.24, 2.45) is 0 Å². The number of anilines is 1. The molecule has 0 N–H and O–H groups in total. The number of ether oxygens (including phenoxy) is 2. The van der Waals surface area contributed by atoms with Crippen molar-refractivity contribution >= 4 is 21.2 Å². The van der Waals surface area contributed by atoms with Gasteiger partial charge in [0.1, 0.15) is 17.2 Å². The molecule has 9 heteroatoms. The number of hydrogen-bond acceptors (Lipinski definition) is 7. The topological polar surface area (TPSA) is 99.0 Å². The molecule has 0 amide bonds. The molecule has 0 saturated carbocycles. The lowest BCUT2D eigenvalue weighted by atomic mass is 10.0. The van der Waals surface area contributed by atoms with Crippen LogP contribution in [0.15, 0.2) is 41.3 Å². The van der Waals surface area contributed by atoms with E-state index < -0.39 is 14.8 Å². The van der Waals surface area contributed by atoms with Crippen LogP contribution in [-0.4, -0.2) is 40.4 Å². The van der Waals surface area contributed by atoms with Crippen LogP contribution in [0.4, 0.5) is 11.4 Å². The molecule has 0 radical (unpaired) electrons. The van der Waals surface area contributed by atoms with Crippen molar-refractivity contribution in [1.82, 2.24) is 0 Å². The van der Waals surface area contributed by atoms with Crippen molar-refractivity contribution in [3.05, 3.63) is 52.1 Å². The summed E-state index contributed by atoms with van der Waals surface area (Å²) >= 11 is 0. The zero-order valence-electron chi connectivity index (χ0n) is 15.9. The van der Waals surface area contributed by atoms with Crippen LogP contribution >= 0.6 is 0 Å². The molecule has 2 aromatic carbocycles. The van der Waals surface area contributed by atoms with Crippen LogP contribution in [-0.2, 0) is 9.84 Å². The van der Waals surface area contributed by atoms with Gasteiger partial charge >= 0.3 is 0 Å². The number of nitrogens with zero attached hydrogens (tertiary/aromatic N) is 2. The van der Waals surface area contributed by atoms with Crippen LogP contribution in [0.1, 0.15) is 24.4 Å². The first-order valence-corrected chi connectivity index (χ1v) is 10.6. The number of nitro groups is 1. The third-order valence-corrected chi connectivity index (χ3v) is 6.04. The fourth-order valence-electron chi connectivity index (χ4n) is 3.60. The first-order chi connectivity index (χ1) is 13.3. The smallest absolute Gasteiger partial charge is 0.293 e. The molecule has 0 bridgehead atoms. The second-order valence-electron chi connectivity index (χ2n) is 6.64. The van der Waals surface area contributed by atoms with Crippen molar-refractivity contribution in [1.29, 1.82) is 0 Å². The van der Waals surface area contributed by atoms with Gasteiger partial charge < -0.3 is 14.4 Å². The van der Waals surface area contributed by atoms with Gasteiger partial charge in [0.2, 0.25) is 0 Å². The van der Waals surface area contributed by atoms with Crippen LogP contribution in [0.5, 0.6) is 11.5 Å². The van der Waals surface area contributed by atoms with Gasteiger partial charge in [-0.2, -0.15) is 0 Å². The molecule has 1 aliphatic rings.